The molecule has 126 valence electrons. The Kier molecular flexibility index (Phi) is 4.60. The van der Waals surface area contributed by atoms with Gasteiger partial charge in [-0.3, -0.25) is 0 Å². The number of para-hydroxylation sites is 1. The van der Waals surface area contributed by atoms with E-state index >= 15 is 0 Å². The third-order valence-electron chi connectivity index (χ3n) is 3.92. The van der Waals surface area contributed by atoms with E-state index in [9.17, 15) is 13.2 Å². The minimum atomic E-state index is -4.34. The van der Waals surface area contributed by atoms with Crippen LogP contribution in [-0.4, -0.2) is 11.1 Å². The van der Waals surface area contributed by atoms with E-state index in [4.69, 9.17) is 5.73 Å². The number of nitrogens with zero attached hydrogens (tertiary/aromatic N) is 1. The lowest BCUT2D eigenvalue weighted by Crippen LogP contribution is -2.05. The fraction of sp³-hybridized carbons (Fsp3) is 0.222. The Bertz CT molecular complexity index is 868. The summed E-state index contributed by atoms with van der Waals surface area (Å²) in [7, 11) is 1.93. The van der Waals surface area contributed by atoms with Crippen molar-refractivity contribution in [1.29, 1.82) is 0 Å². The second-order valence-electron chi connectivity index (χ2n) is 5.53. The van der Waals surface area contributed by atoms with Gasteiger partial charge in [0.25, 0.3) is 0 Å². The average Bonchev–Trinajstić information content (AvgIpc) is 2.81. The predicted molar refractivity (Wildman–Crippen MR) is 91.2 cm³/mol. The lowest BCUT2D eigenvalue weighted by atomic mass is 10.1. The maximum atomic E-state index is 12.9. The van der Waals surface area contributed by atoms with Crippen molar-refractivity contribution >= 4 is 22.7 Å². The molecule has 24 heavy (non-hydrogen) atoms. The van der Waals surface area contributed by atoms with Crippen molar-refractivity contribution in [3.63, 3.8) is 0 Å². The molecule has 0 radical (unpaired) electrons. The van der Waals surface area contributed by atoms with E-state index in [-0.39, 0.29) is 0 Å². The molecule has 0 atom stereocenters. The van der Waals surface area contributed by atoms with Crippen LogP contribution in [-0.2, 0) is 19.6 Å². The standard InChI is InChI=1S/C18H17F3N2S/c1-23-16-8-3-2-7-14(16)15(9-10-22)17(23)24-13-6-4-5-12(11-13)18(19,20)21/h2-8,11H,9-10,22H2,1H3. The number of fused-ring (bicyclic) bond motifs is 1. The van der Waals surface area contributed by atoms with Crippen molar-refractivity contribution in [3.05, 3.63) is 59.7 Å². The van der Waals surface area contributed by atoms with Gasteiger partial charge in [-0.2, -0.15) is 13.2 Å². The number of aromatic nitrogens is 1. The fourth-order valence-electron chi connectivity index (χ4n) is 2.81. The van der Waals surface area contributed by atoms with E-state index < -0.39 is 11.7 Å². The van der Waals surface area contributed by atoms with Crippen LogP contribution >= 0.6 is 11.8 Å². The van der Waals surface area contributed by atoms with Gasteiger partial charge in [-0.05, 0) is 42.8 Å². The van der Waals surface area contributed by atoms with E-state index in [1.165, 1.54) is 23.9 Å². The minimum Gasteiger partial charge on any atom is -0.338 e. The van der Waals surface area contributed by atoms with Crippen molar-refractivity contribution in [1.82, 2.24) is 4.57 Å². The fourth-order valence-corrected chi connectivity index (χ4v) is 3.94. The van der Waals surface area contributed by atoms with Gasteiger partial charge in [0.1, 0.15) is 0 Å². The molecule has 6 heteroatoms. The second kappa shape index (κ2) is 6.53. The Morgan fingerprint density at radius 1 is 1.08 bits per heavy atom. The largest absolute Gasteiger partial charge is 0.416 e. The number of aryl methyl sites for hydroxylation is 1. The second-order valence-corrected chi connectivity index (χ2v) is 6.59. The van der Waals surface area contributed by atoms with Crippen LogP contribution in [0.15, 0.2) is 58.5 Å². The molecule has 0 aliphatic heterocycles. The third kappa shape index (κ3) is 3.16. The number of rotatable bonds is 4. The Balaban J connectivity index is 2.07. The summed E-state index contributed by atoms with van der Waals surface area (Å²) in [5, 5.41) is 2.03. The highest BCUT2D eigenvalue weighted by atomic mass is 32.2. The SMILES string of the molecule is Cn1c(Sc2cccc(C(F)(F)F)c2)c(CCN)c2ccccc21. The molecule has 0 aliphatic carbocycles. The molecular weight excluding hydrogens is 333 g/mol. The first-order chi connectivity index (χ1) is 11.4. The van der Waals surface area contributed by atoms with Gasteiger partial charge < -0.3 is 10.3 Å². The molecule has 0 spiro atoms. The van der Waals surface area contributed by atoms with Crippen LogP contribution in [0.1, 0.15) is 11.1 Å². The maximum Gasteiger partial charge on any atom is 0.416 e. The van der Waals surface area contributed by atoms with E-state index in [1.54, 1.807) is 6.07 Å². The molecular formula is C18H17F3N2S. The smallest absolute Gasteiger partial charge is 0.338 e. The summed E-state index contributed by atoms with van der Waals surface area (Å²) in [6, 6.07) is 13.4. The first kappa shape index (κ1) is 16.9. The van der Waals surface area contributed by atoms with Crippen LogP contribution < -0.4 is 5.73 Å². The zero-order valence-electron chi connectivity index (χ0n) is 13.1. The molecule has 0 unspecified atom stereocenters. The monoisotopic (exact) mass is 350 g/mol. The molecule has 1 aromatic heterocycles. The molecule has 3 rings (SSSR count). The first-order valence-corrected chi connectivity index (χ1v) is 8.35. The van der Waals surface area contributed by atoms with Gasteiger partial charge >= 0.3 is 6.18 Å². The highest BCUT2D eigenvalue weighted by molar-refractivity contribution is 7.99. The summed E-state index contributed by atoms with van der Waals surface area (Å²) >= 11 is 1.34. The molecule has 0 amide bonds. The van der Waals surface area contributed by atoms with Gasteiger partial charge in [-0.1, -0.05) is 36.0 Å². The van der Waals surface area contributed by atoms with Crippen LogP contribution in [0.25, 0.3) is 10.9 Å². The average molecular weight is 350 g/mol. The van der Waals surface area contributed by atoms with E-state index in [0.717, 1.165) is 27.6 Å². The Morgan fingerprint density at radius 2 is 1.83 bits per heavy atom. The lowest BCUT2D eigenvalue weighted by Gasteiger charge is -2.10. The van der Waals surface area contributed by atoms with Gasteiger partial charge in [0.05, 0.1) is 10.6 Å². The number of hydrogen-bond donors (Lipinski definition) is 1. The van der Waals surface area contributed by atoms with Gasteiger partial charge in [0.15, 0.2) is 0 Å². The predicted octanol–water partition coefficient (Wildman–Crippen LogP) is 4.85. The molecule has 0 saturated heterocycles. The minimum absolute atomic E-state index is 0.490. The zero-order chi connectivity index (χ0) is 17.3. The van der Waals surface area contributed by atoms with Crippen LogP contribution in [0.5, 0.6) is 0 Å². The quantitative estimate of drug-likeness (QED) is 0.729. The first-order valence-electron chi connectivity index (χ1n) is 7.53. The third-order valence-corrected chi connectivity index (χ3v) is 5.13. The molecule has 0 saturated carbocycles. The highest BCUT2D eigenvalue weighted by Gasteiger charge is 2.30. The van der Waals surface area contributed by atoms with Crippen molar-refractivity contribution in [3.8, 4) is 0 Å². The summed E-state index contributed by atoms with van der Waals surface area (Å²) in [5.74, 6) is 0. The topological polar surface area (TPSA) is 30.9 Å². The molecule has 2 aromatic carbocycles. The van der Waals surface area contributed by atoms with E-state index in [2.05, 4.69) is 0 Å². The Labute approximate surface area is 142 Å². The molecule has 2 nitrogen and oxygen atoms in total. The summed E-state index contributed by atoms with van der Waals surface area (Å²) < 4.78 is 40.8. The van der Waals surface area contributed by atoms with Gasteiger partial charge in [-0.25, -0.2) is 0 Å². The number of hydrogen-bond acceptors (Lipinski definition) is 2. The van der Waals surface area contributed by atoms with Crippen LogP contribution in [0.3, 0.4) is 0 Å². The Hall–Kier alpha value is -1.92. The lowest BCUT2D eigenvalue weighted by molar-refractivity contribution is -0.137. The van der Waals surface area contributed by atoms with Gasteiger partial charge in [0, 0.05) is 22.8 Å². The van der Waals surface area contributed by atoms with Crippen molar-refractivity contribution in [2.45, 2.75) is 22.5 Å². The zero-order valence-corrected chi connectivity index (χ0v) is 13.9. The number of halogens is 3. The van der Waals surface area contributed by atoms with Crippen LogP contribution in [0, 0.1) is 0 Å². The Morgan fingerprint density at radius 3 is 2.54 bits per heavy atom. The highest BCUT2D eigenvalue weighted by Crippen LogP contribution is 2.39. The van der Waals surface area contributed by atoms with E-state index in [0.29, 0.717) is 17.9 Å². The molecule has 0 fully saturated rings. The van der Waals surface area contributed by atoms with E-state index in [1.807, 2.05) is 35.9 Å². The van der Waals surface area contributed by atoms with Crippen molar-refractivity contribution in [2.75, 3.05) is 6.54 Å². The summed E-state index contributed by atoms with van der Waals surface area (Å²) in [6.07, 6.45) is -3.65. The molecule has 3 aromatic rings. The normalized spacial score (nSPS) is 12.0. The summed E-state index contributed by atoms with van der Waals surface area (Å²) in [6.45, 7) is 0.490. The molecule has 1 heterocycles. The molecule has 0 bridgehead atoms. The molecule has 2 N–H and O–H groups in total. The number of benzene rings is 2. The number of alkyl halides is 3. The maximum absolute atomic E-state index is 12.9. The van der Waals surface area contributed by atoms with Gasteiger partial charge in [0.2, 0.25) is 0 Å². The van der Waals surface area contributed by atoms with Crippen LogP contribution in [0.2, 0.25) is 0 Å². The number of nitrogens with two attached hydrogens (primary N) is 1. The van der Waals surface area contributed by atoms with Crippen molar-refractivity contribution < 1.29 is 13.2 Å². The summed E-state index contributed by atoms with van der Waals surface area (Å²) in [5.41, 5.74) is 7.24. The summed E-state index contributed by atoms with van der Waals surface area (Å²) in [4.78, 5) is 0.564. The van der Waals surface area contributed by atoms with Crippen molar-refractivity contribution in [2.24, 2.45) is 12.8 Å². The molecule has 0 aliphatic rings. The van der Waals surface area contributed by atoms with Crippen LogP contribution in [0.4, 0.5) is 13.2 Å². The van der Waals surface area contributed by atoms with Gasteiger partial charge in [-0.15, -0.1) is 0 Å².